The second kappa shape index (κ2) is 5.54. The molecule has 0 aliphatic heterocycles. The van der Waals surface area contributed by atoms with Gasteiger partial charge in [-0.3, -0.25) is 0 Å². The molecule has 1 aromatic carbocycles. The zero-order valence-corrected chi connectivity index (χ0v) is 12.2. The molecule has 18 heavy (non-hydrogen) atoms. The lowest BCUT2D eigenvalue weighted by Gasteiger charge is -2.10. The molecule has 0 saturated heterocycles. The van der Waals surface area contributed by atoms with Gasteiger partial charge >= 0.3 is 0 Å². The van der Waals surface area contributed by atoms with E-state index >= 15 is 0 Å². The maximum absolute atomic E-state index is 6.00. The zero-order chi connectivity index (χ0) is 13.3. The van der Waals surface area contributed by atoms with Crippen molar-refractivity contribution in [1.29, 1.82) is 0 Å². The molecule has 0 bridgehead atoms. The molecule has 2 aromatic rings. The Labute approximate surface area is 124 Å². The molecule has 1 aromatic heterocycles. The van der Waals surface area contributed by atoms with Crippen LogP contribution in [0.3, 0.4) is 0 Å². The van der Waals surface area contributed by atoms with Crippen LogP contribution >= 0.6 is 46.4 Å². The molecule has 1 heterocycles. The van der Waals surface area contributed by atoms with Gasteiger partial charge in [0.15, 0.2) is 0 Å². The van der Waals surface area contributed by atoms with E-state index in [0.29, 0.717) is 26.0 Å². The third-order valence-electron chi connectivity index (χ3n) is 2.35. The third kappa shape index (κ3) is 2.67. The number of rotatable bonds is 2. The lowest BCUT2D eigenvalue weighted by molar-refractivity contribution is 0.414. The smallest absolute Gasteiger partial charge is 0.145 e. The summed E-state index contributed by atoms with van der Waals surface area (Å²) in [5.41, 5.74) is 1.51. The Balaban J connectivity index is 2.65. The number of aromatic nitrogens is 1. The van der Waals surface area contributed by atoms with Crippen LogP contribution in [0.15, 0.2) is 24.4 Å². The zero-order valence-electron chi connectivity index (χ0n) is 9.18. The number of hydrogen-bond acceptors (Lipinski definition) is 2. The van der Waals surface area contributed by atoms with Gasteiger partial charge in [-0.2, -0.15) is 0 Å². The fourth-order valence-corrected chi connectivity index (χ4v) is 2.27. The van der Waals surface area contributed by atoms with E-state index in [1.165, 1.54) is 6.20 Å². The van der Waals surface area contributed by atoms with Crippen molar-refractivity contribution in [2.45, 2.75) is 0 Å². The molecular weight excluding hydrogens is 316 g/mol. The van der Waals surface area contributed by atoms with Crippen molar-refractivity contribution in [3.05, 3.63) is 44.6 Å². The highest BCUT2D eigenvalue weighted by Crippen LogP contribution is 2.38. The fourth-order valence-electron chi connectivity index (χ4n) is 1.52. The Hall–Kier alpha value is -0.670. The quantitative estimate of drug-likeness (QED) is 0.547. The Morgan fingerprint density at radius 3 is 2.17 bits per heavy atom. The summed E-state index contributed by atoms with van der Waals surface area (Å²) >= 11 is 23.8. The largest absolute Gasteiger partial charge is 0.494 e. The summed E-state index contributed by atoms with van der Waals surface area (Å²) in [6.07, 6.45) is 1.54. The van der Waals surface area contributed by atoms with Crippen molar-refractivity contribution in [1.82, 2.24) is 4.98 Å². The number of hydrogen-bond donors (Lipinski definition) is 0. The molecule has 0 fully saturated rings. The molecule has 2 rings (SSSR count). The molecule has 0 radical (unpaired) electrons. The average Bonchev–Trinajstić information content (AvgIpc) is 2.35. The van der Waals surface area contributed by atoms with Crippen molar-refractivity contribution < 1.29 is 4.74 Å². The lowest BCUT2D eigenvalue weighted by atomic mass is 10.1. The van der Waals surface area contributed by atoms with Gasteiger partial charge in [-0.15, -0.1) is 0 Å². The summed E-state index contributed by atoms with van der Waals surface area (Å²) in [6, 6.07) is 5.07. The van der Waals surface area contributed by atoms with E-state index in [1.807, 2.05) is 0 Å². The number of ether oxygens (including phenoxy) is 1. The van der Waals surface area contributed by atoms with Crippen LogP contribution in [0.4, 0.5) is 0 Å². The summed E-state index contributed by atoms with van der Waals surface area (Å²) < 4.78 is 5.22. The highest BCUT2D eigenvalue weighted by atomic mass is 35.5. The first-order valence-corrected chi connectivity index (χ1v) is 6.38. The van der Waals surface area contributed by atoms with Gasteiger partial charge in [-0.25, -0.2) is 4.98 Å². The van der Waals surface area contributed by atoms with Crippen LogP contribution < -0.4 is 4.74 Å². The van der Waals surface area contributed by atoms with Crippen LogP contribution in [-0.2, 0) is 0 Å². The summed E-state index contributed by atoms with van der Waals surface area (Å²) in [6.45, 7) is 0. The van der Waals surface area contributed by atoms with Gasteiger partial charge in [0.05, 0.1) is 28.4 Å². The third-order valence-corrected chi connectivity index (χ3v) is 3.75. The number of halogens is 4. The highest BCUT2D eigenvalue weighted by molar-refractivity contribution is 6.48. The van der Waals surface area contributed by atoms with E-state index in [9.17, 15) is 0 Å². The summed E-state index contributed by atoms with van der Waals surface area (Å²) in [5, 5.41) is 1.41. The van der Waals surface area contributed by atoms with Crippen LogP contribution in [0.1, 0.15) is 0 Å². The predicted octanol–water partition coefficient (Wildman–Crippen LogP) is 5.37. The minimum Gasteiger partial charge on any atom is -0.494 e. The monoisotopic (exact) mass is 321 g/mol. The van der Waals surface area contributed by atoms with Crippen molar-refractivity contribution >= 4 is 46.4 Å². The summed E-state index contributed by atoms with van der Waals surface area (Å²) in [5.74, 6) is 0.578. The SMILES string of the molecule is COc1cnc(Cl)cc1-c1cc(Cl)c(Cl)c(Cl)c1. The van der Waals surface area contributed by atoms with Crippen LogP contribution in [0, 0.1) is 0 Å². The molecule has 0 atom stereocenters. The normalized spacial score (nSPS) is 10.5. The number of pyridine rings is 1. The number of methoxy groups -OCH3 is 1. The van der Waals surface area contributed by atoms with Crippen molar-refractivity contribution in [2.75, 3.05) is 7.11 Å². The molecule has 0 aliphatic carbocycles. The lowest BCUT2D eigenvalue weighted by Crippen LogP contribution is -1.90. The van der Waals surface area contributed by atoms with Crippen LogP contribution in [0.2, 0.25) is 20.2 Å². The predicted molar refractivity (Wildman–Crippen MR) is 76.3 cm³/mol. The van der Waals surface area contributed by atoms with Crippen LogP contribution in [0.25, 0.3) is 11.1 Å². The van der Waals surface area contributed by atoms with Gasteiger partial charge in [0.25, 0.3) is 0 Å². The standard InChI is InChI=1S/C12H7Cl4NO/c1-18-10-5-17-11(15)4-7(10)6-2-8(13)12(16)9(14)3-6/h2-5H,1H3. The van der Waals surface area contributed by atoms with Gasteiger partial charge in [0, 0.05) is 5.56 Å². The highest BCUT2D eigenvalue weighted by Gasteiger charge is 2.12. The Morgan fingerprint density at radius 2 is 1.61 bits per heavy atom. The molecular formula is C12H7Cl4NO. The van der Waals surface area contributed by atoms with E-state index in [2.05, 4.69) is 4.98 Å². The Bertz CT molecular complexity index is 578. The summed E-state index contributed by atoms with van der Waals surface area (Å²) in [4.78, 5) is 3.95. The average molecular weight is 323 g/mol. The second-order valence-corrected chi connectivity index (χ2v) is 5.04. The molecule has 2 nitrogen and oxygen atoms in total. The number of nitrogens with zero attached hydrogens (tertiary/aromatic N) is 1. The van der Waals surface area contributed by atoms with Gasteiger partial charge in [0.2, 0.25) is 0 Å². The minimum absolute atomic E-state index is 0.321. The minimum atomic E-state index is 0.321. The molecule has 94 valence electrons. The Kier molecular flexibility index (Phi) is 4.23. The molecule has 0 unspecified atom stereocenters. The van der Waals surface area contributed by atoms with Gasteiger partial charge in [0.1, 0.15) is 10.9 Å². The van der Waals surface area contributed by atoms with Crippen molar-refractivity contribution in [2.24, 2.45) is 0 Å². The first kappa shape index (κ1) is 13.8. The molecule has 0 saturated carbocycles. The topological polar surface area (TPSA) is 22.1 Å². The summed E-state index contributed by atoms with van der Waals surface area (Å²) in [7, 11) is 1.55. The van der Waals surface area contributed by atoms with E-state index in [1.54, 1.807) is 25.3 Å². The fraction of sp³-hybridized carbons (Fsp3) is 0.0833. The first-order valence-electron chi connectivity index (χ1n) is 4.87. The molecule has 0 amide bonds. The second-order valence-electron chi connectivity index (χ2n) is 3.46. The van der Waals surface area contributed by atoms with E-state index in [4.69, 9.17) is 51.1 Å². The maximum atomic E-state index is 6.00. The van der Waals surface area contributed by atoms with E-state index in [0.717, 1.165) is 11.1 Å². The van der Waals surface area contributed by atoms with E-state index in [-0.39, 0.29) is 0 Å². The van der Waals surface area contributed by atoms with Gasteiger partial charge < -0.3 is 4.74 Å². The van der Waals surface area contributed by atoms with Crippen molar-refractivity contribution in [3.63, 3.8) is 0 Å². The van der Waals surface area contributed by atoms with E-state index < -0.39 is 0 Å². The van der Waals surface area contributed by atoms with Crippen molar-refractivity contribution in [3.8, 4) is 16.9 Å². The number of benzene rings is 1. The maximum Gasteiger partial charge on any atom is 0.145 e. The first-order chi connectivity index (χ1) is 8.52. The van der Waals surface area contributed by atoms with Gasteiger partial charge in [-0.1, -0.05) is 46.4 Å². The molecule has 0 spiro atoms. The van der Waals surface area contributed by atoms with Crippen LogP contribution in [-0.4, -0.2) is 12.1 Å². The van der Waals surface area contributed by atoms with Gasteiger partial charge in [-0.05, 0) is 23.8 Å². The Morgan fingerprint density at radius 1 is 1.00 bits per heavy atom. The molecule has 0 N–H and O–H groups in total. The molecule has 0 aliphatic rings. The molecule has 6 heteroatoms. The van der Waals surface area contributed by atoms with Crippen LogP contribution in [0.5, 0.6) is 5.75 Å².